The van der Waals surface area contributed by atoms with Gasteiger partial charge in [0, 0.05) is 12.7 Å². The first-order chi connectivity index (χ1) is 14.0. The molecule has 1 nitrogen and oxygen atoms in total. The van der Waals surface area contributed by atoms with E-state index in [-0.39, 0.29) is 0 Å². The Labute approximate surface area is 179 Å². The van der Waals surface area contributed by atoms with Crippen LogP contribution in [0.1, 0.15) is 50.8 Å². The van der Waals surface area contributed by atoms with E-state index in [0.717, 1.165) is 0 Å². The molecule has 0 radical (unpaired) electrons. The second kappa shape index (κ2) is 16.2. The van der Waals surface area contributed by atoms with Crippen LogP contribution in [0.4, 0.5) is 5.69 Å². The van der Waals surface area contributed by atoms with Gasteiger partial charge < -0.3 is 5.32 Å². The van der Waals surface area contributed by atoms with Crippen LogP contribution in [0.15, 0.2) is 79.4 Å². The van der Waals surface area contributed by atoms with Gasteiger partial charge >= 0.3 is 0 Å². The first-order valence-electron chi connectivity index (χ1n) is 10.6. The zero-order valence-electron chi connectivity index (χ0n) is 19.4. The van der Waals surface area contributed by atoms with Gasteiger partial charge in [0.15, 0.2) is 0 Å². The first-order valence-corrected chi connectivity index (χ1v) is 10.6. The highest BCUT2D eigenvalue weighted by atomic mass is 14.8. The Morgan fingerprint density at radius 2 is 1.34 bits per heavy atom. The van der Waals surface area contributed by atoms with Crippen molar-refractivity contribution in [1.82, 2.24) is 0 Å². The summed E-state index contributed by atoms with van der Waals surface area (Å²) in [4.78, 5) is 0. The third-order valence-electron chi connectivity index (χ3n) is 3.93. The van der Waals surface area contributed by atoms with Crippen LogP contribution in [0.2, 0.25) is 0 Å². The molecule has 0 amide bonds. The Bertz CT molecular complexity index is 786. The van der Waals surface area contributed by atoms with E-state index in [1.807, 2.05) is 33.0 Å². The SMILES string of the molecule is C=Cc1ccc(C)cc1.CC.CCC.CNc1cc(-c2ccccc2)ccc1C. The number of hydrogen-bond acceptors (Lipinski definition) is 1. The van der Waals surface area contributed by atoms with Crippen LogP contribution in [0.3, 0.4) is 0 Å². The molecule has 1 heteroatoms. The van der Waals surface area contributed by atoms with Gasteiger partial charge in [-0.15, -0.1) is 0 Å². The van der Waals surface area contributed by atoms with Gasteiger partial charge in [0.05, 0.1) is 0 Å². The van der Waals surface area contributed by atoms with Crippen molar-refractivity contribution in [3.63, 3.8) is 0 Å². The number of rotatable bonds is 3. The van der Waals surface area contributed by atoms with Gasteiger partial charge in [0.25, 0.3) is 0 Å². The van der Waals surface area contributed by atoms with Crippen molar-refractivity contribution in [1.29, 1.82) is 0 Å². The minimum absolute atomic E-state index is 1.18. The van der Waals surface area contributed by atoms with E-state index in [1.165, 1.54) is 39.9 Å². The fourth-order valence-electron chi connectivity index (χ4n) is 2.40. The van der Waals surface area contributed by atoms with Crippen molar-refractivity contribution >= 4 is 11.8 Å². The van der Waals surface area contributed by atoms with Crippen molar-refractivity contribution in [2.24, 2.45) is 0 Å². The topological polar surface area (TPSA) is 12.0 Å². The number of anilines is 1. The van der Waals surface area contributed by atoms with Gasteiger partial charge in [-0.05, 0) is 42.2 Å². The van der Waals surface area contributed by atoms with Crippen LogP contribution in [0.5, 0.6) is 0 Å². The summed E-state index contributed by atoms with van der Waals surface area (Å²) in [7, 11) is 1.96. The number of nitrogens with one attached hydrogen (secondary N) is 1. The van der Waals surface area contributed by atoms with Crippen molar-refractivity contribution in [2.45, 2.75) is 48.0 Å². The molecule has 0 aliphatic carbocycles. The molecular weight excluding hydrogens is 350 g/mol. The summed E-state index contributed by atoms with van der Waals surface area (Å²) in [5, 5.41) is 3.21. The van der Waals surface area contributed by atoms with Crippen LogP contribution in [0, 0.1) is 13.8 Å². The Kier molecular flexibility index (Phi) is 14.6. The summed E-state index contributed by atoms with van der Waals surface area (Å²) in [6.45, 7) is 16.1. The van der Waals surface area contributed by atoms with Crippen molar-refractivity contribution in [3.8, 4) is 11.1 Å². The standard InChI is InChI=1S/C14H15N.C9H10.C3H8.C2H6/c1-11-8-9-13(10-14(11)15-2)12-6-4-3-5-7-12;1-3-9-6-4-8(2)5-7-9;1-3-2;1-2/h3-10,15H,1-2H3;3-7H,1H2,2H3;3H2,1-2H3;1-2H3. The van der Waals surface area contributed by atoms with Gasteiger partial charge in [-0.1, -0.05) is 119 Å². The zero-order chi connectivity index (χ0) is 22.1. The Morgan fingerprint density at radius 1 is 0.793 bits per heavy atom. The largest absolute Gasteiger partial charge is 0.388 e. The Morgan fingerprint density at radius 3 is 1.83 bits per heavy atom. The molecular formula is C28H39N. The summed E-state index contributed by atoms with van der Waals surface area (Å²) >= 11 is 0. The molecule has 1 N–H and O–H groups in total. The molecule has 0 aromatic heterocycles. The average Bonchev–Trinajstić information content (AvgIpc) is 2.78. The Hall–Kier alpha value is -2.80. The predicted octanol–water partition coefficient (Wildman–Crippen LogP) is 8.78. The van der Waals surface area contributed by atoms with Crippen LogP contribution in [-0.2, 0) is 0 Å². The molecule has 0 aliphatic rings. The molecule has 0 fully saturated rings. The average molecular weight is 390 g/mol. The molecule has 0 saturated heterocycles. The lowest BCUT2D eigenvalue weighted by molar-refractivity contribution is 1.09. The number of hydrogen-bond donors (Lipinski definition) is 1. The molecule has 0 spiro atoms. The zero-order valence-corrected chi connectivity index (χ0v) is 19.4. The smallest absolute Gasteiger partial charge is 0.0373 e. The minimum Gasteiger partial charge on any atom is -0.388 e. The highest BCUT2D eigenvalue weighted by Crippen LogP contribution is 2.24. The molecule has 0 heterocycles. The minimum atomic E-state index is 1.18. The van der Waals surface area contributed by atoms with E-state index < -0.39 is 0 Å². The lowest BCUT2D eigenvalue weighted by atomic mass is 10.0. The summed E-state index contributed by atoms with van der Waals surface area (Å²) in [5.41, 5.74) is 7.45. The quantitative estimate of drug-likeness (QED) is 0.472. The summed E-state index contributed by atoms with van der Waals surface area (Å²) in [5.74, 6) is 0. The molecule has 3 aromatic rings. The van der Waals surface area contributed by atoms with Gasteiger partial charge in [0.1, 0.15) is 0 Å². The highest BCUT2D eigenvalue weighted by Gasteiger charge is 2.00. The highest BCUT2D eigenvalue weighted by molar-refractivity contribution is 5.69. The predicted molar refractivity (Wildman–Crippen MR) is 135 cm³/mol. The van der Waals surface area contributed by atoms with E-state index in [0.29, 0.717) is 0 Å². The van der Waals surface area contributed by atoms with Crippen LogP contribution in [0.25, 0.3) is 17.2 Å². The van der Waals surface area contributed by atoms with Crippen LogP contribution < -0.4 is 5.32 Å². The molecule has 156 valence electrons. The third kappa shape index (κ3) is 10.4. The van der Waals surface area contributed by atoms with Crippen molar-refractivity contribution < 1.29 is 0 Å². The number of aryl methyl sites for hydroxylation is 2. The van der Waals surface area contributed by atoms with Gasteiger partial charge in [-0.25, -0.2) is 0 Å². The lowest BCUT2D eigenvalue weighted by Crippen LogP contribution is -1.91. The maximum atomic E-state index is 3.66. The maximum absolute atomic E-state index is 3.66. The summed E-state index contributed by atoms with van der Waals surface area (Å²) < 4.78 is 0. The van der Waals surface area contributed by atoms with Crippen molar-refractivity contribution in [2.75, 3.05) is 12.4 Å². The van der Waals surface area contributed by atoms with E-state index in [2.05, 4.69) is 106 Å². The summed E-state index contributed by atoms with van der Waals surface area (Å²) in [6, 6.07) is 25.2. The molecule has 3 rings (SSSR count). The monoisotopic (exact) mass is 389 g/mol. The Balaban J connectivity index is 0.000000478. The van der Waals surface area contributed by atoms with Crippen LogP contribution in [-0.4, -0.2) is 7.05 Å². The van der Waals surface area contributed by atoms with Crippen molar-refractivity contribution in [3.05, 3.63) is 96.1 Å². The maximum Gasteiger partial charge on any atom is 0.0373 e. The fraction of sp³-hybridized carbons (Fsp3) is 0.286. The van der Waals surface area contributed by atoms with Gasteiger partial charge in [0.2, 0.25) is 0 Å². The second-order valence-electron chi connectivity index (χ2n) is 6.47. The molecule has 0 saturated carbocycles. The second-order valence-corrected chi connectivity index (χ2v) is 6.47. The lowest BCUT2D eigenvalue weighted by Gasteiger charge is -2.08. The van der Waals surface area contributed by atoms with Gasteiger partial charge in [-0.3, -0.25) is 0 Å². The van der Waals surface area contributed by atoms with E-state index >= 15 is 0 Å². The molecule has 29 heavy (non-hydrogen) atoms. The molecule has 0 unspecified atom stereocenters. The van der Waals surface area contributed by atoms with E-state index in [9.17, 15) is 0 Å². The summed E-state index contributed by atoms with van der Waals surface area (Å²) in [6.07, 6.45) is 3.10. The third-order valence-corrected chi connectivity index (χ3v) is 3.93. The van der Waals surface area contributed by atoms with Gasteiger partial charge in [-0.2, -0.15) is 0 Å². The molecule has 3 aromatic carbocycles. The molecule has 0 aliphatic heterocycles. The fourth-order valence-corrected chi connectivity index (χ4v) is 2.40. The molecule has 0 bridgehead atoms. The normalized spacial score (nSPS) is 8.79. The van der Waals surface area contributed by atoms with E-state index in [1.54, 1.807) is 0 Å². The van der Waals surface area contributed by atoms with E-state index in [4.69, 9.17) is 0 Å². The van der Waals surface area contributed by atoms with Crippen LogP contribution >= 0.6 is 0 Å². The first kappa shape index (κ1) is 26.2. The molecule has 0 atom stereocenters. The number of benzene rings is 3.